The first-order valence-corrected chi connectivity index (χ1v) is 18.8. The van der Waals surface area contributed by atoms with Crippen LogP contribution in [0, 0.1) is 5.41 Å². The van der Waals surface area contributed by atoms with Gasteiger partial charge in [0.25, 0.3) is 5.91 Å². The summed E-state index contributed by atoms with van der Waals surface area (Å²) in [6.45, 7) is 4.83. The lowest BCUT2D eigenvalue weighted by molar-refractivity contribution is -0.140. The lowest BCUT2D eigenvalue weighted by Gasteiger charge is -2.36. The molecule has 1 saturated carbocycles. The number of nitrogens with zero attached hydrogens (tertiary/aromatic N) is 5. The smallest absolute Gasteiger partial charge is 0.303 e. The van der Waals surface area contributed by atoms with E-state index >= 15 is 0 Å². The fourth-order valence-electron chi connectivity index (χ4n) is 8.71. The van der Waals surface area contributed by atoms with Gasteiger partial charge in [-0.05, 0) is 81.2 Å². The molecule has 1 aromatic heterocycles. The molecule has 1 saturated heterocycles. The molecule has 2 amide bonds. The Morgan fingerprint density at radius 1 is 1.00 bits per heavy atom. The maximum Gasteiger partial charge on any atom is 0.303 e. The first-order chi connectivity index (χ1) is 23.2. The van der Waals surface area contributed by atoms with Crippen molar-refractivity contribution in [3.05, 3.63) is 53.1 Å². The number of rotatable bonds is 9. The lowest BCUT2D eigenvalue weighted by atomic mass is 9.72. The minimum absolute atomic E-state index is 0.0747. The molecule has 0 radical (unpaired) electrons. The Kier molecular flexibility index (Phi) is 9.64. The van der Waals surface area contributed by atoms with Crippen LogP contribution in [0.25, 0.3) is 22.2 Å². The minimum Gasteiger partial charge on any atom is -0.497 e. The van der Waals surface area contributed by atoms with E-state index in [9.17, 15) is 18.0 Å². The molecule has 0 unspecified atom stereocenters. The topological polar surface area (TPSA) is 107 Å². The van der Waals surface area contributed by atoms with E-state index in [1.165, 1.54) is 26.1 Å². The predicted molar refractivity (Wildman–Crippen MR) is 193 cm³/mol. The number of methoxy groups -OCH3 is 1. The first-order valence-electron chi connectivity index (χ1n) is 17.4. The zero-order valence-corrected chi connectivity index (χ0v) is 31.1. The maximum absolute atomic E-state index is 14.8. The highest BCUT2D eigenvalue weighted by atomic mass is 32.2. The Morgan fingerprint density at radius 3 is 2.35 bits per heavy atom. The van der Waals surface area contributed by atoms with Crippen molar-refractivity contribution in [2.24, 2.45) is 5.41 Å². The average molecular weight is 693 g/mol. The Morgan fingerprint density at radius 2 is 1.71 bits per heavy atom. The number of aromatic nitrogens is 1. The van der Waals surface area contributed by atoms with Gasteiger partial charge in [0.1, 0.15) is 5.75 Å². The standard InChI is InChI=1S/C37H52N6O5S/c1-24(20-39(2)3)42-21-31-30-19-27(48-8)15-17-28(30)34-33(25-12-10-9-11-13-25)29-16-14-26(35(44)38-49(46,47)41(6)7)18-32(29)43(34)23-37(31,22-42)36(45)40(4)5/h14-19,24-25,31H,9-13,20-23H2,1-8H3,(H,38,44)/t24-,31+,37+/m1/s1. The number of hydrogen-bond acceptors (Lipinski definition) is 7. The van der Waals surface area contributed by atoms with E-state index in [2.05, 4.69) is 52.2 Å². The highest BCUT2D eigenvalue weighted by molar-refractivity contribution is 7.87. The van der Waals surface area contributed by atoms with Crippen LogP contribution in [-0.4, -0.2) is 119 Å². The van der Waals surface area contributed by atoms with Gasteiger partial charge < -0.3 is 19.1 Å². The number of benzene rings is 2. The number of nitrogens with one attached hydrogen (secondary N) is 1. The van der Waals surface area contributed by atoms with E-state index in [-0.39, 0.29) is 23.4 Å². The van der Waals surface area contributed by atoms with Gasteiger partial charge in [-0.1, -0.05) is 25.3 Å². The number of hydrogen-bond donors (Lipinski definition) is 1. The number of amides is 2. The molecule has 266 valence electrons. The first kappa shape index (κ1) is 35.4. The van der Waals surface area contributed by atoms with Gasteiger partial charge in [0.05, 0.1) is 18.2 Å². The summed E-state index contributed by atoms with van der Waals surface area (Å²) < 4.78 is 36.6. The lowest BCUT2D eigenvalue weighted by Crippen LogP contribution is -2.48. The molecule has 49 heavy (non-hydrogen) atoms. The summed E-state index contributed by atoms with van der Waals surface area (Å²) in [5.74, 6) is 0.361. The van der Waals surface area contributed by atoms with Gasteiger partial charge in [-0.3, -0.25) is 14.5 Å². The quantitative estimate of drug-likeness (QED) is 0.356. The molecule has 0 bridgehead atoms. The molecule has 6 rings (SSSR count). The van der Waals surface area contributed by atoms with Crippen LogP contribution in [0.4, 0.5) is 0 Å². The van der Waals surface area contributed by atoms with Crippen LogP contribution in [0.5, 0.6) is 5.75 Å². The fraction of sp³-hybridized carbons (Fsp3) is 0.568. The van der Waals surface area contributed by atoms with Crippen molar-refractivity contribution in [2.45, 2.75) is 63.5 Å². The third kappa shape index (κ3) is 6.26. The summed E-state index contributed by atoms with van der Waals surface area (Å²) in [5.41, 5.74) is 4.87. The highest BCUT2D eigenvalue weighted by Gasteiger charge is 2.56. The summed E-state index contributed by atoms with van der Waals surface area (Å²) in [4.78, 5) is 34.6. The molecule has 2 fully saturated rings. The Balaban J connectivity index is 1.64. The molecule has 1 N–H and O–H groups in total. The van der Waals surface area contributed by atoms with E-state index in [1.807, 2.05) is 32.3 Å². The van der Waals surface area contributed by atoms with Crippen molar-refractivity contribution in [3.8, 4) is 17.0 Å². The minimum atomic E-state index is -3.99. The second kappa shape index (κ2) is 13.4. The number of likely N-dealkylation sites (tertiary alicyclic amines) is 1. The SMILES string of the molecule is COc1ccc2c(c1)[C@@H]1CN([C@H](C)CN(C)C)C[C@]1(C(=O)N(C)C)Cn1c-2c(C2CCCCC2)c2ccc(C(=O)NS(=O)(=O)N(C)C)cc21. The van der Waals surface area contributed by atoms with Crippen molar-refractivity contribution < 1.29 is 22.7 Å². The van der Waals surface area contributed by atoms with Crippen LogP contribution in [0.2, 0.25) is 0 Å². The van der Waals surface area contributed by atoms with E-state index in [0.717, 1.165) is 76.6 Å². The zero-order valence-electron chi connectivity index (χ0n) is 30.2. The third-order valence-corrected chi connectivity index (χ3v) is 12.5. The number of ether oxygens (including phenoxy) is 1. The molecule has 1 aliphatic carbocycles. The summed E-state index contributed by atoms with van der Waals surface area (Å²) in [7, 11) is 8.30. The summed E-state index contributed by atoms with van der Waals surface area (Å²) in [6, 6.07) is 12.1. The van der Waals surface area contributed by atoms with Gasteiger partial charge in [-0.25, -0.2) is 4.72 Å². The van der Waals surface area contributed by atoms with Crippen molar-refractivity contribution >= 4 is 32.9 Å². The van der Waals surface area contributed by atoms with Crippen LogP contribution >= 0.6 is 0 Å². The summed E-state index contributed by atoms with van der Waals surface area (Å²) >= 11 is 0. The van der Waals surface area contributed by atoms with Gasteiger partial charge >= 0.3 is 10.2 Å². The van der Waals surface area contributed by atoms with Gasteiger partial charge in [0.2, 0.25) is 5.91 Å². The van der Waals surface area contributed by atoms with E-state index < -0.39 is 21.5 Å². The molecular weight excluding hydrogens is 641 g/mol. The van der Waals surface area contributed by atoms with Crippen LogP contribution in [0.1, 0.15) is 72.3 Å². The van der Waals surface area contributed by atoms with Crippen LogP contribution in [0.15, 0.2) is 36.4 Å². The number of fused-ring (bicyclic) bond motifs is 7. The van der Waals surface area contributed by atoms with E-state index in [4.69, 9.17) is 4.74 Å². The number of likely N-dealkylation sites (N-methyl/N-ethyl adjacent to an activating group) is 1. The molecule has 3 aliphatic rings. The highest BCUT2D eigenvalue weighted by Crippen LogP contribution is 2.55. The van der Waals surface area contributed by atoms with Crippen LogP contribution < -0.4 is 9.46 Å². The maximum atomic E-state index is 14.8. The summed E-state index contributed by atoms with van der Waals surface area (Å²) in [6.07, 6.45) is 5.66. The van der Waals surface area contributed by atoms with Crippen molar-refractivity contribution in [2.75, 3.05) is 69.0 Å². The van der Waals surface area contributed by atoms with Crippen LogP contribution in [0.3, 0.4) is 0 Å². The van der Waals surface area contributed by atoms with Crippen LogP contribution in [-0.2, 0) is 21.5 Å². The number of carbonyl (C=O) groups excluding carboxylic acids is 2. The van der Waals surface area contributed by atoms with Gasteiger partial charge in [-0.15, -0.1) is 0 Å². The van der Waals surface area contributed by atoms with E-state index in [0.29, 0.717) is 19.0 Å². The molecule has 3 heterocycles. The second-order valence-electron chi connectivity index (χ2n) is 15.0. The largest absolute Gasteiger partial charge is 0.497 e. The molecule has 3 atom stereocenters. The van der Waals surface area contributed by atoms with Gasteiger partial charge in [-0.2, -0.15) is 12.7 Å². The third-order valence-electron chi connectivity index (χ3n) is 11.1. The Bertz CT molecular complexity index is 1860. The number of carbonyl (C=O) groups is 2. The van der Waals surface area contributed by atoms with Gasteiger partial charge in [0.15, 0.2) is 0 Å². The van der Waals surface area contributed by atoms with Crippen molar-refractivity contribution in [1.29, 1.82) is 0 Å². The molecule has 2 aliphatic heterocycles. The zero-order chi connectivity index (χ0) is 35.4. The molecule has 0 spiro atoms. The molecule has 2 aromatic carbocycles. The average Bonchev–Trinajstić information content (AvgIpc) is 3.57. The monoisotopic (exact) mass is 692 g/mol. The molecular formula is C37H52N6O5S. The molecule has 3 aromatic rings. The summed E-state index contributed by atoms with van der Waals surface area (Å²) in [5, 5.41) is 1.05. The normalized spacial score (nSPS) is 22.0. The second-order valence-corrected chi connectivity index (χ2v) is 16.9. The van der Waals surface area contributed by atoms with Gasteiger partial charge in [0, 0.05) is 88.4 Å². The fourth-order valence-corrected chi connectivity index (χ4v) is 9.24. The Hall–Kier alpha value is -3.45. The predicted octanol–water partition coefficient (Wildman–Crippen LogP) is 4.34. The van der Waals surface area contributed by atoms with E-state index in [1.54, 1.807) is 18.1 Å². The van der Waals surface area contributed by atoms with Crippen molar-refractivity contribution in [1.82, 2.24) is 28.3 Å². The Labute approximate surface area is 291 Å². The molecule has 12 heteroatoms. The molecule has 11 nitrogen and oxygen atoms in total. The van der Waals surface area contributed by atoms with Crippen molar-refractivity contribution in [3.63, 3.8) is 0 Å².